The number of carboxylic acid groups (broad SMARTS) is 1. The molecule has 0 aliphatic heterocycles. The summed E-state index contributed by atoms with van der Waals surface area (Å²) >= 11 is 0. The van der Waals surface area contributed by atoms with Gasteiger partial charge in [-0.1, -0.05) is 12.1 Å². The Kier molecular flexibility index (Phi) is 3.91. The average molecular weight is 283 g/mol. The number of carboxylic acids is 1. The summed E-state index contributed by atoms with van der Waals surface area (Å²) in [6.07, 6.45) is 2.16. The topological polar surface area (TPSA) is 83.5 Å². The highest BCUT2D eigenvalue weighted by atomic mass is 32.2. The van der Waals surface area contributed by atoms with Crippen molar-refractivity contribution >= 4 is 16.0 Å². The molecular formula is C13H17NO4S. The molecule has 0 saturated heterocycles. The molecule has 1 saturated carbocycles. The maximum Gasteiger partial charge on any atom is 0.335 e. The number of carbonyl (C=O) groups is 1. The number of rotatable bonds is 6. The van der Waals surface area contributed by atoms with Gasteiger partial charge in [-0.2, -0.15) is 0 Å². The molecule has 0 amide bonds. The van der Waals surface area contributed by atoms with Crippen LogP contribution in [-0.2, 0) is 15.8 Å². The average Bonchev–Trinajstić information content (AvgIpc) is 3.11. The van der Waals surface area contributed by atoms with Crippen molar-refractivity contribution in [2.45, 2.75) is 31.6 Å². The van der Waals surface area contributed by atoms with E-state index < -0.39 is 16.0 Å². The van der Waals surface area contributed by atoms with Crippen LogP contribution in [0.25, 0.3) is 0 Å². The van der Waals surface area contributed by atoms with Crippen molar-refractivity contribution < 1.29 is 18.3 Å². The fraction of sp³-hybridized carbons (Fsp3) is 0.462. The van der Waals surface area contributed by atoms with Gasteiger partial charge in [0, 0.05) is 6.04 Å². The molecular weight excluding hydrogens is 266 g/mol. The normalized spacial score (nSPS) is 17.1. The summed E-state index contributed by atoms with van der Waals surface area (Å²) in [6, 6.07) is 5.87. The molecule has 0 radical (unpaired) electrons. The quantitative estimate of drug-likeness (QED) is 0.830. The fourth-order valence-electron chi connectivity index (χ4n) is 1.98. The van der Waals surface area contributed by atoms with Gasteiger partial charge in [0.15, 0.2) is 0 Å². The first-order valence-corrected chi connectivity index (χ1v) is 7.85. The van der Waals surface area contributed by atoms with Gasteiger partial charge < -0.3 is 5.11 Å². The molecule has 1 aromatic carbocycles. The van der Waals surface area contributed by atoms with E-state index in [9.17, 15) is 13.2 Å². The second-order valence-electron chi connectivity index (χ2n) is 5.01. The fourth-order valence-corrected chi connectivity index (χ4v) is 3.45. The van der Waals surface area contributed by atoms with Gasteiger partial charge in [-0.15, -0.1) is 0 Å². The Balaban J connectivity index is 2.00. The van der Waals surface area contributed by atoms with E-state index in [0.29, 0.717) is 11.5 Å². The second-order valence-corrected chi connectivity index (χ2v) is 6.76. The van der Waals surface area contributed by atoms with Crippen molar-refractivity contribution in [2.75, 3.05) is 0 Å². The Morgan fingerprint density at radius 2 is 1.95 bits per heavy atom. The molecule has 6 heteroatoms. The molecule has 0 heterocycles. The van der Waals surface area contributed by atoms with Crippen LogP contribution in [0.3, 0.4) is 0 Å². The minimum absolute atomic E-state index is 0.0247. The van der Waals surface area contributed by atoms with E-state index >= 15 is 0 Å². The van der Waals surface area contributed by atoms with E-state index in [0.717, 1.165) is 12.8 Å². The number of hydrogen-bond acceptors (Lipinski definition) is 3. The third-order valence-corrected chi connectivity index (χ3v) is 4.70. The van der Waals surface area contributed by atoms with Crippen LogP contribution in [0.15, 0.2) is 24.3 Å². The molecule has 1 atom stereocenters. The molecule has 5 nitrogen and oxygen atoms in total. The minimum Gasteiger partial charge on any atom is -0.478 e. The maximum atomic E-state index is 11.9. The summed E-state index contributed by atoms with van der Waals surface area (Å²) in [4.78, 5) is 10.7. The number of benzene rings is 1. The molecule has 0 spiro atoms. The second kappa shape index (κ2) is 5.30. The maximum absolute atomic E-state index is 11.9. The molecule has 1 unspecified atom stereocenters. The molecule has 1 fully saturated rings. The standard InChI is InChI=1S/C13H17NO4S/c1-9(11-6-7-11)14-19(17,18)8-10-2-4-12(5-3-10)13(15)16/h2-5,9,11,14H,6-8H2,1H3,(H,15,16). The molecule has 0 aromatic heterocycles. The van der Waals surface area contributed by atoms with E-state index in [2.05, 4.69) is 4.72 Å². The number of sulfonamides is 1. The van der Waals surface area contributed by atoms with Gasteiger partial charge in [0.25, 0.3) is 0 Å². The summed E-state index contributed by atoms with van der Waals surface area (Å²) in [5, 5.41) is 8.76. The highest BCUT2D eigenvalue weighted by Gasteiger charge is 2.30. The highest BCUT2D eigenvalue weighted by molar-refractivity contribution is 7.88. The molecule has 2 rings (SSSR count). The third-order valence-electron chi connectivity index (χ3n) is 3.25. The first-order chi connectivity index (χ1) is 8.87. The lowest BCUT2D eigenvalue weighted by Gasteiger charge is -2.13. The first-order valence-electron chi connectivity index (χ1n) is 6.19. The van der Waals surface area contributed by atoms with Gasteiger partial charge >= 0.3 is 5.97 Å². The number of nitrogens with one attached hydrogen (secondary N) is 1. The van der Waals surface area contributed by atoms with Crippen molar-refractivity contribution in [3.05, 3.63) is 35.4 Å². The van der Waals surface area contributed by atoms with E-state index in [-0.39, 0.29) is 17.4 Å². The smallest absolute Gasteiger partial charge is 0.335 e. The molecule has 19 heavy (non-hydrogen) atoms. The van der Waals surface area contributed by atoms with E-state index in [1.807, 2.05) is 6.92 Å². The summed E-state index contributed by atoms with van der Waals surface area (Å²) in [5.41, 5.74) is 0.737. The lowest BCUT2D eigenvalue weighted by atomic mass is 10.1. The van der Waals surface area contributed by atoms with E-state index in [1.54, 1.807) is 0 Å². The van der Waals surface area contributed by atoms with Crippen molar-refractivity contribution in [2.24, 2.45) is 5.92 Å². The van der Waals surface area contributed by atoms with Gasteiger partial charge in [0.05, 0.1) is 11.3 Å². The van der Waals surface area contributed by atoms with Crippen LogP contribution >= 0.6 is 0 Å². The lowest BCUT2D eigenvalue weighted by molar-refractivity contribution is 0.0697. The molecule has 1 aliphatic carbocycles. The molecule has 1 aromatic rings. The van der Waals surface area contributed by atoms with Crippen LogP contribution in [0.4, 0.5) is 0 Å². The van der Waals surface area contributed by atoms with Crippen molar-refractivity contribution in [3.8, 4) is 0 Å². The van der Waals surface area contributed by atoms with Gasteiger partial charge in [0.1, 0.15) is 0 Å². The number of aromatic carboxylic acids is 1. The Labute approximate surface area is 112 Å². The largest absolute Gasteiger partial charge is 0.478 e. The third kappa shape index (κ3) is 4.04. The lowest BCUT2D eigenvalue weighted by Crippen LogP contribution is -2.34. The Morgan fingerprint density at radius 3 is 2.42 bits per heavy atom. The van der Waals surface area contributed by atoms with E-state index in [1.165, 1.54) is 24.3 Å². The summed E-state index contributed by atoms with van der Waals surface area (Å²) in [7, 11) is -3.37. The van der Waals surface area contributed by atoms with Crippen molar-refractivity contribution in [1.29, 1.82) is 0 Å². The van der Waals surface area contributed by atoms with E-state index in [4.69, 9.17) is 5.11 Å². The van der Waals surface area contributed by atoms with Gasteiger partial charge in [0.2, 0.25) is 10.0 Å². The van der Waals surface area contributed by atoms with Crippen molar-refractivity contribution in [1.82, 2.24) is 4.72 Å². The zero-order valence-electron chi connectivity index (χ0n) is 10.7. The van der Waals surface area contributed by atoms with Gasteiger partial charge in [-0.25, -0.2) is 17.9 Å². The van der Waals surface area contributed by atoms with Gasteiger partial charge in [-0.05, 0) is 43.4 Å². The summed E-state index contributed by atoms with van der Waals surface area (Å²) < 4.78 is 26.5. The molecule has 0 bridgehead atoms. The van der Waals surface area contributed by atoms with Crippen LogP contribution in [0.2, 0.25) is 0 Å². The predicted octanol–water partition coefficient (Wildman–Crippen LogP) is 1.60. The Morgan fingerprint density at radius 1 is 1.37 bits per heavy atom. The van der Waals surface area contributed by atoms with Crippen LogP contribution in [0.5, 0.6) is 0 Å². The van der Waals surface area contributed by atoms with Crippen LogP contribution < -0.4 is 4.72 Å². The summed E-state index contributed by atoms with van der Waals surface area (Å²) in [6.45, 7) is 1.88. The van der Waals surface area contributed by atoms with Gasteiger partial charge in [-0.3, -0.25) is 0 Å². The molecule has 104 valence electrons. The van der Waals surface area contributed by atoms with Crippen LogP contribution in [-0.4, -0.2) is 25.5 Å². The zero-order valence-corrected chi connectivity index (χ0v) is 11.5. The summed E-state index contributed by atoms with van der Waals surface area (Å²) in [5.74, 6) is -0.678. The SMILES string of the molecule is CC(NS(=O)(=O)Cc1ccc(C(=O)O)cc1)C1CC1. The number of hydrogen-bond donors (Lipinski definition) is 2. The Bertz CT molecular complexity index is 561. The monoisotopic (exact) mass is 283 g/mol. The van der Waals surface area contributed by atoms with Crippen LogP contribution in [0.1, 0.15) is 35.7 Å². The predicted molar refractivity (Wildman–Crippen MR) is 71.3 cm³/mol. The zero-order chi connectivity index (χ0) is 14.0. The first kappa shape index (κ1) is 14.0. The molecule has 1 aliphatic rings. The van der Waals surface area contributed by atoms with Crippen molar-refractivity contribution in [3.63, 3.8) is 0 Å². The molecule has 2 N–H and O–H groups in total. The highest BCUT2D eigenvalue weighted by Crippen LogP contribution is 2.32. The minimum atomic E-state index is -3.37. The van der Waals surface area contributed by atoms with Crippen LogP contribution in [0, 0.1) is 5.92 Å². The Hall–Kier alpha value is -1.40.